The van der Waals surface area contributed by atoms with Crippen LogP contribution in [0.15, 0.2) is 12.4 Å². The minimum absolute atomic E-state index is 0.445. The molecule has 1 heterocycles. The highest BCUT2D eigenvalue weighted by molar-refractivity contribution is 7.78. The maximum atomic E-state index is 10.5. The second-order valence-corrected chi connectivity index (χ2v) is 2.62. The third kappa shape index (κ3) is 1.54. The Labute approximate surface area is 69.4 Å². The van der Waals surface area contributed by atoms with E-state index in [4.69, 9.17) is 5.11 Å². The van der Waals surface area contributed by atoms with E-state index in [9.17, 15) is 4.79 Å². The Morgan fingerprint density at radius 3 is 2.91 bits per heavy atom. The highest BCUT2D eigenvalue weighted by Gasteiger charge is 2.17. The molecule has 0 amide bonds. The third-order valence-corrected chi connectivity index (χ3v) is 1.75. The van der Waals surface area contributed by atoms with Crippen LogP contribution in [-0.4, -0.2) is 20.0 Å². The molecule has 11 heavy (non-hydrogen) atoms. The number of thiol groups is 1. The molecule has 1 unspecified atom stereocenters. The largest absolute Gasteiger partial charge is 0.481 e. The summed E-state index contributed by atoms with van der Waals surface area (Å²) in [6.07, 6.45) is 3.11. The Bertz CT molecular complexity index is 271. The molecule has 0 aliphatic rings. The lowest BCUT2D eigenvalue weighted by Gasteiger charge is -2.03. The molecule has 5 heteroatoms. The van der Waals surface area contributed by atoms with Gasteiger partial charge in [-0.15, -0.1) is 0 Å². The quantitative estimate of drug-likeness (QED) is 0.648. The van der Waals surface area contributed by atoms with Crippen molar-refractivity contribution in [1.29, 1.82) is 0 Å². The SMILES string of the molecule is CC(C(=O)O)c1nccn1S. The van der Waals surface area contributed by atoms with Gasteiger partial charge in [0.05, 0.1) is 0 Å². The van der Waals surface area contributed by atoms with Crippen LogP contribution < -0.4 is 0 Å². The second kappa shape index (κ2) is 2.96. The van der Waals surface area contributed by atoms with Gasteiger partial charge in [0.25, 0.3) is 0 Å². The Kier molecular flexibility index (Phi) is 2.19. The van der Waals surface area contributed by atoms with Gasteiger partial charge >= 0.3 is 5.97 Å². The Morgan fingerprint density at radius 1 is 1.91 bits per heavy atom. The molecule has 0 saturated heterocycles. The van der Waals surface area contributed by atoms with Crippen molar-refractivity contribution in [1.82, 2.24) is 8.96 Å². The molecule has 0 fully saturated rings. The highest BCUT2D eigenvalue weighted by atomic mass is 32.1. The average molecular weight is 172 g/mol. The summed E-state index contributed by atoms with van der Waals surface area (Å²) in [5.74, 6) is -1.06. The Hall–Kier alpha value is -0.970. The lowest BCUT2D eigenvalue weighted by Crippen LogP contribution is -2.10. The number of hydrogen-bond acceptors (Lipinski definition) is 3. The maximum absolute atomic E-state index is 10.5. The summed E-state index contributed by atoms with van der Waals surface area (Å²) < 4.78 is 1.40. The molecular formula is C6H8N2O2S. The lowest BCUT2D eigenvalue weighted by atomic mass is 10.2. The standard InChI is InChI=1S/C6H8N2O2S/c1-4(6(9)10)5-7-2-3-8(5)11/h2-4,11H,1H3,(H,9,10). The summed E-state index contributed by atoms with van der Waals surface area (Å²) in [6.45, 7) is 1.57. The lowest BCUT2D eigenvalue weighted by molar-refractivity contribution is -0.138. The molecule has 1 atom stereocenters. The van der Waals surface area contributed by atoms with Crippen LogP contribution in [0.4, 0.5) is 0 Å². The normalized spacial score (nSPS) is 12.9. The number of imidazole rings is 1. The van der Waals surface area contributed by atoms with Gasteiger partial charge in [-0.3, -0.25) is 8.77 Å². The van der Waals surface area contributed by atoms with Crippen molar-refractivity contribution in [3.05, 3.63) is 18.2 Å². The first-order chi connectivity index (χ1) is 5.13. The van der Waals surface area contributed by atoms with Gasteiger partial charge in [0.1, 0.15) is 11.7 Å². The smallest absolute Gasteiger partial charge is 0.313 e. The van der Waals surface area contributed by atoms with Crippen molar-refractivity contribution in [2.24, 2.45) is 0 Å². The molecule has 0 radical (unpaired) electrons. The number of nitrogens with zero attached hydrogens (tertiary/aromatic N) is 2. The number of carbonyl (C=O) groups is 1. The van der Waals surface area contributed by atoms with Gasteiger partial charge in [-0.2, -0.15) is 0 Å². The molecule has 0 saturated carbocycles. The monoisotopic (exact) mass is 172 g/mol. The van der Waals surface area contributed by atoms with Gasteiger partial charge in [0.2, 0.25) is 0 Å². The van der Waals surface area contributed by atoms with Crippen LogP contribution in [0, 0.1) is 0 Å². The van der Waals surface area contributed by atoms with E-state index < -0.39 is 11.9 Å². The highest BCUT2D eigenvalue weighted by Crippen LogP contribution is 2.13. The van der Waals surface area contributed by atoms with Crippen LogP contribution in [0.2, 0.25) is 0 Å². The molecule has 1 N–H and O–H groups in total. The first kappa shape index (κ1) is 8.13. The van der Waals surface area contributed by atoms with E-state index in [-0.39, 0.29) is 0 Å². The van der Waals surface area contributed by atoms with E-state index in [1.165, 1.54) is 10.2 Å². The second-order valence-electron chi connectivity index (χ2n) is 2.19. The number of carboxylic acid groups (broad SMARTS) is 1. The zero-order chi connectivity index (χ0) is 8.43. The number of aliphatic carboxylic acids is 1. The topological polar surface area (TPSA) is 55.1 Å². The van der Waals surface area contributed by atoms with Crippen LogP contribution in [-0.2, 0) is 4.79 Å². The Morgan fingerprint density at radius 2 is 2.55 bits per heavy atom. The molecule has 60 valence electrons. The van der Waals surface area contributed by atoms with E-state index in [0.29, 0.717) is 5.82 Å². The van der Waals surface area contributed by atoms with E-state index in [1.807, 2.05) is 0 Å². The van der Waals surface area contributed by atoms with Crippen molar-refractivity contribution in [3.8, 4) is 0 Å². The van der Waals surface area contributed by atoms with E-state index in [0.717, 1.165) is 0 Å². The fourth-order valence-corrected chi connectivity index (χ4v) is 1.01. The number of aromatic nitrogens is 2. The predicted octanol–water partition coefficient (Wildman–Crippen LogP) is 0.764. The summed E-state index contributed by atoms with van der Waals surface area (Å²) in [5.41, 5.74) is 0. The molecule has 1 aromatic heterocycles. The first-order valence-electron chi connectivity index (χ1n) is 3.08. The number of carboxylic acids is 1. The minimum atomic E-state index is -0.897. The van der Waals surface area contributed by atoms with Crippen molar-refractivity contribution < 1.29 is 9.90 Å². The van der Waals surface area contributed by atoms with Gasteiger partial charge in [-0.05, 0) is 6.92 Å². The Balaban J connectivity index is 2.92. The van der Waals surface area contributed by atoms with E-state index in [1.54, 1.807) is 13.1 Å². The van der Waals surface area contributed by atoms with Crippen molar-refractivity contribution in [2.45, 2.75) is 12.8 Å². The first-order valence-corrected chi connectivity index (χ1v) is 3.48. The van der Waals surface area contributed by atoms with Gasteiger partial charge in [-0.1, -0.05) is 12.8 Å². The molecule has 4 nitrogen and oxygen atoms in total. The fourth-order valence-electron chi connectivity index (χ4n) is 0.729. The summed E-state index contributed by atoms with van der Waals surface area (Å²) in [4.78, 5) is 14.3. The van der Waals surface area contributed by atoms with Crippen molar-refractivity contribution >= 4 is 18.8 Å². The summed E-state index contributed by atoms with van der Waals surface area (Å²) in [6, 6.07) is 0. The van der Waals surface area contributed by atoms with Crippen molar-refractivity contribution in [3.63, 3.8) is 0 Å². The minimum Gasteiger partial charge on any atom is -0.481 e. The third-order valence-electron chi connectivity index (χ3n) is 1.41. The predicted molar refractivity (Wildman–Crippen MR) is 42.7 cm³/mol. The zero-order valence-electron chi connectivity index (χ0n) is 5.93. The molecule has 0 aromatic carbocycles. The number of hydrogen-bond donors (Lipinski definition) is 2. The maximum Gasteiger partial charge on any atom is 0.313 e. The molecule has 0 bridgehead atoms. The molecule has 0 aliphatic carbocycles. The van der Waals surface area contributed by atoms with E-state index >= 15 is 0 Å². The summed E-state index contributed by atoms with van der Waals surface area (Å²) in [5, 5.41) is 8.59. The molecule has 1 aromatic rings. The molecule has 1 rings (SSSR count). The van der Waals surface area contributed by atoms with E-state index in [2.05, 4.69) is 17.8 Å². The fraction of sp³-hybridized carbons (Fsp3) is 0.333. The van der Waals surface area contributed by atoms with Gasteiger partial charge in [-0.25, -0.2) is 4.98 Å². The van der Waals surface area contributed by atoms with Crippen LogP contribution in [0.25, 0.3) is 0 Å². The zero-order valence-corrected chi connectivity index (χ0v) is 6.82. The van der Waals surface area contributed by atoms with Crippen LogP contribution >= 0.6 is 12.8 Å². The van der Waals surface area contributed by atoms with Crippen LogP contribution in [0.1, 0.15) is 18.7 Å². The molecule has 0 aliphatic heterocycles. The van der Waals surface area contributed by atoms with Gasteiger partial charge < -0.3 is 5.11 Å². The molecular weight excluding hydrogens is 164 g/mol. The summed E-state index contributed by atoms with van der Waals surface area (Å²) >= 11 is 3.97. The van der Waals surface area contributed by atoms with Gasteiger partial charge in [0.15, 0.2) is 0 Å². The van der Waals surface area contributed by atoms with Crippen LogP contribution in [0.3, 0.4) is 0 Å². The average Bonchev–Trinajstić information content (AvgIpc) is 2.33. The van der Waals surface area contributed by atoms with Crippen LogP contribution in [0.5, 0.6) is 0 Å². The number of rotatable bonds is 2. The van der Waals surface area contributed by atoms with Gasteiger partial charge in [0, 0.05) is 12.4 Å². The summed E-state index contributed by atoms with van der Waals surface area (Å²) in [7, 11) is 0. The molecule has 0 spiro atoms. The van der Waals surface area contributed by atoms with Crippen molar-refractivity contribution in [2.75, 3.05) is 0 Å².